The van der Waals surface area contributed by atoms with Gasteiger partial charge in [-0.15, -0.1) is 0 Å². The molecule has 3 aromatic heterocycles. The minimum atomic E-state index is -0.364. The lowest BCUT2D eigenvalue weighted by atomic mass is 10.1. The molecule has 0 atom stereocenters. The molecule has 3 aromatic rings. The summed E-state index contributed by atoms with van der Waals surface area (Å²) in [6.45, 7) is 1.70. The molecule has 0 spiro atoms. The molecule has 0 aromatic carbocycles. The van der Waals surface area contributed by atoms with Crippen LogP contribution in [-0.2, 0) is 25.4 Å². The van der Waals surface area contributed by atoms with Crippen LogP contribution in [-0.4, -0.2) is 35.0 Å². The van der Waals surface area contributed by atoms with Crippen molar-refractivity contribution in [2.75, 3.05) is 5.32 Å². The van der Waals surface area contributed by atoms with Crippen molar-refractivity contribution < 1.29 is 4.79 Å². The van der Waals surface area contributed by atoms with Crippen LogP contribution in [0.4, 0.5) is 5.82 Å². The third kappa shape index (κ3) is 3.09. The number of aryl methyl sites for hydroxylation is 3. The lowest BCUT2D eigenvalue weighted by molar-refractivity contribution is -0.117. The summed E-state index contributed by atoms with van der Waals surface area (Å²) in [6.07, 6.45) is 5.02. The van der Waals surface area contributed by atoms with E-state index in [1.807, 2.05) is 26.2 Å². The molecule has 0 bridgehead atoms. The number of anilines is 1. The van der Waals surface area contributed by atoms with E-state index in [-0.39, 0.29) is 18.1 Å². The molecule has 0 aliphatic rings. The number of carbonyl (C=O) groups is 1. The number of aromatic nitrogens is 6. The Labute approximate surface area is 137 Å². The molecule has 0 radical (unpaired) electrons. The number of carbonyl (C=O) groups excluding carboxylic acids is 1. The maximum atomic E-state index is 12.0. The van der Waals surface area contributed by atoms with E-state index in [1.165, 1.54) is 10.9 Å². The number of hydrogen-bond donors (Lipinski definition) is 1. The molecule has 0 aliphatic carbocycles. The molecule has 0 saturated carbocycles. The van der Waals surface area contributed by atoms with Crippen molar-refractivity contribution >= 4 is 11.7 Å². The van der Waals surface area contributed by atoms with Gasteiger partial charge in [0, 0.05) is 37.1 Å². The normalized spacial score (nSPS) is 10.8. The second-order valence-corrected chi connectivity index (χ2v) is 5.46. The van der Waals surface area contributed by atoms with Gasteiger partial charge in [0.05, 0.1) is 6.20 Å². The molecule has 9 heteroatoms. The average Bonchev–Trinajstić information content (AvgIpc) is 3.08. The van der Waals surface area contributed by atoms with Gasteiger partial charge >= 0.3 is 5.69 Å². The van der Waals surface area contributed by atoms with Gasteiger partial charge in [0.25, 0.3) is 0 Å². The second-order valence-electron chi connectivity index (χ2n) is 5.46. The largest absolute Gasteiger partial charge is 0.345 e. The molecule has 1 N–H and O–H groups in total. The molecule has 3 rings (SSSR count). The molecular weight excluding hydrogens is 310 g/mol. The zero-order valence-corrected chi connectivity index (χ0v) is 13.6. The lowest BCUT2D eigenvalue weighted by Crippen LogP contribution is -2.29. The van der Waals surface area contributed by atoms with Crippen molar-refractivity contribution in [3.63, 3.8) is 0 Å². The first-order chi connectivity index (χ1) is 11.4. The first-order valence-electron chi connectivity index (χ1n) is 7.29. The first-order valence-corrected chi connectivity index (χ1v) is 7.29. The first kappa shape index (κ1) is 15.7. The zero-order chi connectivity index (χ0) is 17.3. The van der Waals surface area contributed by atoms with Gasteiger partial charge in [-0.3, -0.25) is 14.0 Å². The maximum Gasteiger partial charge on any atom is 0.345 e. The highest BCUT2D eigenvalue weighted by molar-refractivity contribution is 5.89. The average molecular weight is 327 g/mol. The Hall–Kier alpha value is -3.23. The molecule has 3 heterocycles. The minimum Gasteiger partial charge on any atom is -0.309 e. The van der Waals surface area contributed by atoms with Crippen molar-refractivity contribution in [1.82, 2.24) is 29.1 Å². The fraction of sp³-hybridized carbons (Fsp3) is 0.267. The second kappa shape index (κ2) is 6.11. The van der Waals surface area contributed by atoms with Crippen LogP contribution in [0.1, 0.15) is 5.69 Å². The SMILES string of the molecule is Cc1nc(NC(=O)Cn2ncn(C)c2=O)ccc1-c1cnn(C)c1. The molecule has 0 fully saturated rings. The van der Waals surface area contributed by atoms with Gasteiger partial charge in [0.2, 0.25) is 5.91 Å². The van der Waals surface area contributed by atoms with Crippen LogP contribution >= 0.6 is 0 Å². The van der Waals surface area contributed by atoms with Crippen LogP contribution < -0.4 is 11.0 Å². The Balaban J connectivity index is 1.74. The maximum absolute atomic E-state index is 12.0. The standard InChI is InChI=1S/C15H17N7O2/c1-10-12(11-6-16-21(3)7-11)4-5-13(18-10)19-14(23)8-22-15(24)20(2)9-17-22/h4-7,9H,8H2,1-3H3,(H,18,19,23). The van der Waals surface area contributed by atoms with Gasteiger partial charge in [-0.25, -0.2) is 14.5 Å². The Bertz CT molecular complexity index is 951. The number of rotatable bonds is 4. The lowest BCUT2D eigenvalue weighted by Gasteiger charge is -2.07. The predicted molar refractivity (Wildman–Crippen MR) is 87.3 cm³/mol. The monoisotopic (exact) mass is 327 g/mol. The number of amides is 1. The third-order valence-corrected chi connectivity index (χ3v) is 3.55. The van der Waals surface area contributed by atoms with E-state index in [2.05, 4.69) is 20.5 Å². The van der Waals surface area contributed by atoms with E-state index < -0.39 is 0 Å². The summed E-state index contributed by atoms with van der Waals surface area (Å²) in [7, 11) is 3.42. The smallest absolute Gasteiger partial charge is 0.309 e. The van der Waals surface area contributed by atoms with Gasteiger partial charge in [-0.2, -0.15) is 10.2 Å². The van der Waals surface area contributed by atoms with Gasteiger partial charge < -0.3 is 5.32 Å². The summed E-state index contributed by atoms with van der Waals surface area (Å²) in [4.78, 5) is 28.1. The van der Waals surface area contributed by atoms with Crippen molar-refractivity contribution in [3.05, 3.63) is 47.0 Å². The summed E-state index contributed by atoms with van der Waals surface area (Å²) >= 11 is 0. The Kier molecular flexibility index (Phi) is 3.98. The highest BCUT2D eigenvalue weighted by Gasteiger charge is 2.11. The van der Waals surface area contributed by atoms with Crippen LogP contribution in [0.3, 0.4) is 0 Å². The fourth-order valence-electron chi connectivity index (χ4n) is 2.34. The van der Waals surface area contributed by atoms with Crippen molar-refractivity contribution in [3.8, 4) is 11.1 Å². The third-order valence-electron chi connectivity index (χ3n) is 3.55. The highest BCUT2D eigenvalue weighted by atomic mass is 16.2. The van der Waals surface area contributed by atoms with E-state index in [0.717, 1.165) is 21.5 Å². The highest BCUT2D eigenvalue weighted by Crippen LogP contribution is 2.22. The van der Waals surface area contributed by atoms with Gasteiger partial charge in [0.1, 0.15) is 18.7 Å². The number of nitrogens with one attached hydrogen (secondary N) is 1. The molecule has 0 saturated heterocycles. The van der Waals surface area contributed by atoms with E-state index in [9.17, 15) is 9.59 Å². The molecule has 124 valence electrons. The van der Waals surface area contributed by atoms with Gasteiger partial charge in [-0.1, -0.05) is 0 Å². The van der Waals surface area contributed by atoms with Gasteiger partial charge in [0.15, 0.2) is 0 Å². The topological polar surface area (TPSA) is 99.6 Å². The minimum absolute atomic E-state index is 0.162. The van der Waals surface area contributed by atoms with Crippen molar-refractivity contribution in [1.29, 1.82) is 0 Å². The predicted octanol–water partition coefficient (Wildman–Crippen LogP) is 0.324. The molecule has 0 aliphatic heterocycles. The Morgan fingerprint density at radius 1 is 1.25 bits per heavy atom. The molecule has 9 nitrogen and oxygen atoms in total. The van der Waals surface area contributed by atoms with E-state index in [4.69, 9.17) is 0 Å². The van der Waals surface area contributed by atoms with Crippen LogP contribution in [0.5, 0.6) is 0 Å². The molecule has 1 amide bonds. The van der Waals surface area contributed by atoms with Crippen LogP contribution in [0, 0.1) is 6.92 Å². The Morgan fingerprint density at radius 3 is 2.62 bits per heavy atom. The summed E-state index contributed by atoms with van der Waals surface area (Å²) < 4.78 is 4.11. The van der Waals surface area contributed by atoms with Gasteiger partial charge in [-0.05, 0) is 19.1 Å². The van der Waals surface area contributed by atoms with Crippen LogP contribution in [0.2, 0.25) is 0 Å². The van der Waals surface area contributed by atoms with E-state index >= 15 is 0 Å². The number of hydrogen-bond acceptors (Lipinski definition) is 5. The summed E-state index contributed by atoms with van der Waals surface area (Å²) in [6, 6.07) is 3.59. The summed E-state index contributed by atoms with van der Waals surface area (Å²) in [5.41, 5.74) is 2.33. The number of nitrogens with zero attached hydrogens (tertiary/aromatic N) is 6. The summed E-state index contributed by atoms with van der Waals surface area (Å²) in [5, 5.41) is 10.7. The number of pyridine rings is 1. The quantitative estimate of drug-likeness (QED) is 0.744. The van der Waals surface area contributed by atoms with Crippen LogP contribution in [0.15, 0.2) is 35.6 Å². The van der Waals surface area contributed by atoms with E-state index in [0.29, 0.717) is 5.82 Å². The zero-order valence-electron chi connectivity index (χ0n) is 13.6. The summed E-state index contributed by atoms with van der Waals surface area (Å²) in [5.74, 6) is 0.0611. The fourth-order valence-corrected chi connectivity index (χ4v) is 2.34. The van der Waals surface area contributed by atoms with Crippen molar-refractivity contribution in [2.45, 2.75) is 13.5 Å². The van der Waals surface area contributed by atoms with Crippen molar-refractivity contribution in [2.24, 2.45) is 14.1 Å². The molecule has 24 heavy (non-hydrogen) atoms. The molecular formula is C15H17N7O2. The Morgan fingerprint density at radius 2 is 2.04 bits per heavy atom. The van der Waals surface area contributed by atoms with E-state index in [1.54, 1.807) is 24.0 Å². The van der Waals surface area contributed by atoms with Crippen LogP contribution in [0.25, 0.3) is 11.1 Å². The molecule has 0 unspecified atom stereocenters.